The van der Waals surface area contributed by atoms with Gasteiger partial charge < -0.3 is 0 Å². The van der Waals surface area contributed by atoms with Gasteiger partial charge in [-0.1, -0.05) is 0 Å². The van der Waals surface area contributed by atoms with Gasteiger partial charge in [0.05, 0.1) is 11.9 Å². The lowest BCUT2D eigenvalue weighted by atomic mass is 10.1. The number of nitrogens with one attached hydrogen (secondary N) is 1. The van der Waals surface area contributed by atoms with Crippen LogP contribution in [0.15, 0.2) is 0 Å². The summed E-state index contributed by atoms with van der Waals surface area (Å²) in [5.74, 6) is 0. The molecule has 78 valence electrons. The highest BCUT2D eigenvalue weighted by molar-refractivity contribution is 7.88. The molecule has 0 radical (unpaired) electrons. The fourth-order valence-electron chi connectivity index (χ4n) is 1.69. The Morgan fingerprint density at radius 3 is 2.86 bits per heavy atom. The molecular formula is C8H13N3O2S. The molecule has 0 atom stereocenters. The smallest absolute Gasteiger partial charge is 0.211 e. The first-order valence-corrected chi connectivity index (χ1v) is 6.31. The summed E-state index contributed by atoms with van der Waals surface area (Å²) in [5, 5.41) is 7.01. The highest BCUT2D eigenvalue weighted by Gasteiger charge is 2.25. The SMILES string of the molecule is Cc1[nH]nc2c1CN(S(C)(=O)=O)CC2. The first kappa shape index (κ1) is 9.67. The number of aryl methyl sites for hydroxylation is 1. The highest BCUT2D eigenvalue weighted by atomic mass is 32.2. The summed E-state index contributed by atoms with van der Waals surface area (Å²) >= 11 is 0. The normalized spacial score (nSPS) is 18.1. The Hall–Kier alpha value is -0.880. The van der Waals surface area contributed by atoms with E-state index in [1.165, 1.54) is 10.6 Å². The maximum atomic E-state index is 11.3. The average molecular weight is 215 g/mol. The van der Waals surface area contributed by atoms with Gasteiger partial charge in [-0.2, -0.15) is 9.40 Å². The van der Waals surface area contributed by atoms with E-state index in [1.54, 1.807) is 0 Å². The van der Waals surface area contributed by atoms with E-state index in [4.69, 9.17) is 0 Å². The number of nitrogens with zero attached hydrogens (tertiary/aromatic N) is 2. The van der Waals surface area contributed by atoms with Gasteiger partial charge in [-0.3, -0.25) is 5.10 Å². The van der Waals surface area contributed by atoms with E-state index in [0.29, 0.717) is 19.5 Å². The second-order valence-corrected chi connectivity index (χ2v) is 5.60. The van der Waals surface area contributed by atoms with Crippen LogP contribution in [0, 0.1) is 6.92 Å². The summed E-state index contributed by atoms with van der Waals surface area (Å²) in [6, 6.07) is 0. The largest absolute Gasteiger partial charge is 0.282 e. The van der Waals surface area contributed by atoms with Gasteiger partial charge in [0.2, 0.25) is 10.0 Å². The molecule has 0 spiro atoms. The second kappa shape index (κ2) is 3.06. The first-order valence-electron chi connectivity index (χ1n) is 4.46. The number of sulfonamides is 1. The number of rotatable bonds is 1. The Labute approximate surface area is 83.2 Å². The molecular weight excluding hydrogens is 202 g/mol. The Bertz CT molecular complexity index is 449. The zero-order chi connectivity index (χ0) is 10.3. The lowest BCUT2D eigenvalue weighted by Crippen LogP contribution is -2.35. The van der Waals surface area contributed by atoms with Crippen LogP contribution in [-0.2, 0) is 23.0 Å². The number of fused-ring (bicyclic) bond motifs is 1. The van der Waals surface area contributed by atoms with E-state index >= 15 is 0 Å². The molecule has 2 rings (SSSR count). The number of hydrogen-bond donors (Lipinski definition) is 1. The van der Waals surface area contributed by atoms with Crippen LogP contribution in [0.1, 0.15) is 17.0 Å². The molecule has 1 N–H and O–H groups in total. The summed E-state index contributed by atoms with van der Waals surface area (Å²) in [6.07, 6.45) is 1.94. The van der Waals surface area contributed by atoms with Crippen LogP contribution >= 0.6 is 0 Å². The third-order valence-corrected chi connectivity index (χ3v) is 3.81. The van der Waals surface area contributed by atoms with E-state index in [1.807, 2.05) is 6.92 Å². The topological polar surface area (TPSA) is 66.1 Å². The maximum absolute atomic E-state index is 11.3. The van der Waals surface area contributed by atoms with Crippen LogP contribution < -0.4 is 0 Å². The van der Waals surface area contributed by atoms with E-state index in [2.05, 4.69) is 10.2 Å². The molecule has 1 aliphatic heterocycles. The minimum Gasteiger partial charge on any atom is -0.282 e. The summed E-state index contributed by atoms with van der Waals surface area (Å²) in [6.45, 7) is 2.91. The molecule has 0 fully saturated rings. The van der Waals surface area contributed by atoms with Gasteiger partial charge in [-0.25, -0.2) is 8.42 Å². The van der Waals surface area contributed by atoms with Crippen LogP contribution in [0.4, 0.5) is 0 Å². The Morgan fingerprint density at radius 2 is 2.21 bits per heavy atom. The molecule has 1 aromatic heterocycles. The quantitative estimate of drug-likeness (QED) is 0.719. The van der Waals surface area contributed by atoms with Crippen molar-refractivity contribution in [2.45, 2.75) is 19.9 Å². The predicted molar refractivity (Wildman–Crippen MR) is 52.3 cm³/mol. The number of aromatic amines is 1. The molecule has 2 heterocycles. The standard InChI is InChI=1S/C8H13N3O2S/c1-6-7-5-11(14(2,12)13)4-3-8(7)10-9-6/h3-5H2,1-2H3,(H,9,10). The predicted octanol–water partition coefficient (Wildman–Crippen LogP) is 0.0358. The number of H-pyrrole nitrogens is 1. The van der Waals surface area contributed by atoms with Gasteiger partial charge in [-0.05, 0) is 6.92 Å². The lowest BCUT2D eigenvalue weighted by molar-refractivity contribution is 0.393. The van der Waals surface area contributed by atoms with Crippen molar-refractivity contribution in [1.82, 2.24) is 14.5 Å². The van der Waals surface area contributed by atoms with Gasteiger partial charge in [-0.15, -0.1) is 0 Å². The van der Waals surface area contributed by atoms with E-state index in [9.17, 15) is 8.42 Å². The average Bonchev–Trinajstić information content (AvgIpc) is 2.46. The van der Waals surface area contributed by atoms with Crippen LogP contribution in [-0.4, -0.2) is 35.7 Å². The summed E-state index contributed by atoms with van der Waals surface area (Å²) in [7, 11) is -3.07. The molecule has 0 unspecified atom stereocenters. The number of hydrogen-bond acceptors (Lipinski definition) is 3. The van der Waals surface area contributed by atoms with Gasteiger partial charge in [0.25, 0.3) is 0 Å². The summed E-state index contributed by atoms with van der Waals surface area (Å²) in [5.41, 5.74) is 3.00. The molecule has 0 amide bonds. The highest BCUT2D eigenvalue weighted by Crippen LogP contribution is 2.20. The summed E-state index contributed by atoms with van der Waals surface area (Å²) in [4.78, 5) is 0. The van der Waals surface area contributed by atoms with Crippen molar-refractivity contribution in [3.8, 4) is 0 Å². The molecule has 0 saturated heterocycles. The van der Waals surface area contributed by atoms with E-state index < -0.39 is 10.0 Å². The van der Waals surface area contributed by atoms with Gasteiger partial charge in [0.1, 0.15) is 0 Å². The van der Waals surface area contributed by atoms with Crippen LogP contribution in [0.25, 0.3) is 0 Å². The van der Waals surface area contributed by atoms with E-state index in [-0.39, 0.29) is 0 Å². The lowest BCUT2D eigenvalue weighted by Gasteiger charge is -2.24. The monoisotopic (exact) mass is 215 g/mol. The fourth-order valence-corrected chi connectivity index (χ4v) is 2.47. The van der Waals surface area contributed by atoms with Crippen molar-refractivity contribution in [1.29, 1.82) is 0 Å². The molecule has 0 bridgehead atoms. The van der Waals surface area contributed by atoms with Crippen LogP contribution in [0.5, 0.6) is 0 Å². The van der Waals surface area contributed by atoms with Crippen LogP contribution in [0.3, 0.4) is 0 Å². The van der Waals surface area contributed by atoms with Crippen LogP contribution in [0.2, 0.25) is 0 Å². The van der Waals surface area contributed by atoms with Gasteiger partial charge in [0, 0.05) is 30.8 Å². The molecule has 6 heteroatoms. The fraction of sp³-hybridized carbons (Fsp3) is 0.625. The Morgan fingerprint density at radius 1 is 1.50 bits per heavy atom. The van der Waals surface area contributed by atoms with Crippen molar-refractivity contribution in [3.05, 3.63) is 17.0 Å². The molecule has 1 aliphatic rings. The van der Waals surface area contributed by atoms with Crippen molar-refractivity contribution < 1.29 is 8.42 Å². The molecule has 0 aliphatic carbocycles. The number of aromatic nitrogens is 2. The van der Waals surface area contributed by atoms with Crippen molar-refractivity contribution in [2.75, 3.05) is 12.8 Å². The van der Waals surface area contributed by atoms with Gasteiger partial charge in [0.15, 0.2) is 0 Å². The zero-order valence-electron chi connectivity index (χ0n) is 8.24. The molecule has 0 saturated carbocycles. The maximum Gasteiger partial charge on any atom is 0.211 e. The van der Waals surface area contributed by atoms with E-state index in [0.717, 1.165) is 17.0 Å². The second-order valence-electron chi connectivity index (χ2n) is 3.62. The van der Waals surface area contributed by atoms with Crippen molar-refractivity contribution >= 4 is 10.0 Å². The minimum atomic E-state index is -3.07. The molecule has 5 nitrogen and oxygen atoms in total. The third kappa shape index (κ3) is 1.55. The Kier molecular flexibility index (Phi) is 2.11. The minimum absolute atomic E-state index is 0.455. The zero-order valence-corrected chi connectivity index (χ0v) is 9.06. The Balaban J connectivity index is 2.33. The first-order chi connectivity index (χ1) is 6.48. The summed E-state index contributed by atoms with van der Waals surface area (Å²) < 4.78 is 24.1. The molecule has 14 heavy (non-hydrogen) atoms. The molecule has 1 aromatic rings. The van der Waals surface area contributed by atoms with Crippen molar-refractivity contribution in [3.63, 3.8) is 0 Å². The molecule has 0 aromatic carbocycles. The van der Waals surface area contributed by atoms with Gasteiger partial charge >= 0.3 is 0 Å². The van der Waals surface area contributed by atoms with Crippen molar-refractivity contribution in [2.24, 2.45) is 0 Å². The third-order valence-electron chi connectivity index (χ3n) is 2.56.